The van der Waals surface area contributed by atoms with Gasteiger partial charge in [-0.05, 0) is 36.6 Å². The number of unbranched alkanes of at least 4 members (excludes halogenated alkanes) is 2. The van der Waals surface area contributed by atoms with E-state index in [2.05, 4.69) is 59.0 Å². The molecule has 0 aromatic carbocycles. The second-order valence-corrected chi connectivity index (χ2v) is 6.64. The minimum Gasteiger partial charge on any atom is -0.316 e. The molecular formula is C18H37N. The van der Waals surface area contributed by atoms with Gasteiger partial charge in [0.2, 0.25) is 0 Å². The average Bonchev–Trinajstić information content (AvgIpc) is 2.39. The Bertz CT molecular complexity index is 230. The third kappa shape index (κ3) is 8.47. The summed E-state index contributed by atoms with van der Waals surface area (Å²) in [5, 5.41) is 3.52. The Morgan fingerprint density at radius 1 is 1.16 bits per heavy atom. The summed E-state index contributed by atoms with van der Waals surface area (Å²) in [5.74, 6) is 1.47. The van der Waals surface area contributed by atoms with Gasteiger partial charge in [-0.2, -0.15) is 0 Å². The molecule has 0 aliphatic rings. The number of nitrogens with one attached hydrogen (secondary N) is 1. The topological polar surface area (TPSA) is 12.0 Å². The van der Waals surface area contributed by atoms with E-state index in [1.54, 1.807) is 0 Å². The van der Waals surface area contributed by atoms with Crippen molar-refractivity contribution in [2.75, 3.05) is 13.1 Å². The fourth-order valence-electron chi connectivity index (χ4n) is 2.58. The summed E-state index contributed by atoms with van der Waals surface area (Å²) in [7, 11) is 0. The van der Waals surface area contributed by atoms with E-state index in [9.17, 15) is 0 Å². The summed E-state index contributed by atoms with van der Waals surface area (Å²) in [6.45, 7) is 16.2. The summed E-state index contributed by atoms with van der Waals surface area (Å²) in [6.07, 6.45) is 11.3. The summed E-state index contributed by atoms with van der Waals surface area (Å²) in [6, 6.07) is 0. The highest BCUT2D eigenvalue weighted by molar-refractivity contribution is 4.93. The van der Waals surface area contributed by atoms with Gasteiger partial charge in [0.1, 0.15) is 0 Å². The number of hydrogen-bond acceptors (Lipinski definition) is 1. The standard InChI is InChI=1S/C18H37N/c1-7-10-11-12-13-17(15-19-9-3)14-18(5,6)16(4)8-2/h12-13,16-17,19H,7-11,14-15H2,1-6H3/b13-12+. The maximum atomic E-state index is 3.52. The van der Waals surface area contributed by atoms with Gasteiger partial charge in [0.05, 0.1) is 0 Å². The lowest BCUT2D eigenvalue weighted by molar-refractivity contribution is 0.182. The largest absolute Gasteiger partial charge is 0.316 e. The molecule has 0 aromatic rings. The molecule has 1 heteroatoms. The van der Waals surface area contributed by atoms with Crippen molar-refractivity contribution >= 4 is 0 Å². The normalized spacial score (nSPS) is 15.9. The fraction of sp³-hybridized carbons (Fsp3) is 0.889. The van der Waals surface area contributed by atoms with Gasteiger partial charge in [-0.1, -0.05) is 73.0 Å². The van der Waals surface area contributed by atoms with Crippen LogP contribution in [0.15, 0.2) is 12.2 Å². The Kier molecular flexibility index (Phi) is 10.3. The van der Waals surface area contributed by atoms with E-state index in [1.165, 1.54) is 32.1 Å². The lowest BCUT2D eigenvalue weighted by Gasteiger charge is -2.34. The maximum absolute atomic E-state index is 3.52. The third-order valence-electron chi connectivity index (χ3n) is 4.52. The van der Waals surface area contributed by atoms with Crippen molar-refractivity contribution in [3.05, 3.63) is 12.2 Å². The van der Waals surface area contributed by atoms with E-state index >= 15 is 0 Å². The molecule has 0 radical (unpaired) electrons. The maximum Gasteiger partial charge on any atom is 0.00143 e. The quantitative estimate of drug-likeness (QED) is 0.389. The number of hydrogen-bond donors (Lipinski definition) is 1. The summed E-state index contributed by atoms with van der Waals surface area (Å²) >= 11 is 0. The molecular weight excluding hydrogens is 230 g/mol. The highest BCUT2D eigenvalue weighted by Crippen LogP contribution is 2.35. The van der Waals surface area contributed by atoms with Gasteiger partial charge in [0.15, 0.2) is 0 Å². The Labute approximate surface area is 122 Å². The van der Waals surface area contributed by atoms with Crippen LogP contribution in [0.4, 0.5) is 0 Å². The first-order valence-corrected chi connectivity index (χ1v) is 8.35. The van der Waals surface area contributed by atoms with Gasteiger partial charge in [-0.3, -0.25) is 0 Å². The van der Waals surface area contributed by atoms with Crippen LogP contribution in [-0.4, -0.2) is 13.1 Å². The van der Waals surface area contributed by atoms with E-state index in [4.69, 9.17) is 0 Å². The molecule has 1 N–H and O–H groups in total. The highest BCUT2D eigenvalue weighted by Gasteiger charge is 2.27. The number of rotatable bonds is 11. The monoisotopic (exact) mass is 267 g/mol. The predicted octanol–water partition coefficient (Wildman–Crippen LogP) is 5.42. The lowest BCUT2D eigenvalue weighted by Crippen LogP contribution is -2.29. The number of allylic oxidation sites excluding steroid dienone is 1. The molecule has 2 unspecified atom stereocenters. The van der Waals surface area contributed by atoms with Crippen LogP contribution < -0.4 is 5.32 Å². The zero-order chi connectivity index (χ0) is 14.7. The molecule has 0 saturated heterocycles. The molecule has 2 atom stereocenters. The van der Waals surface area contributed by atoms with Gasteiger partial charge in [0, 0.05) is 6.54 Å². The molecule has 0 fully saturated rings. The molecule has 0 aromatic heterocycles. The molecule has 0 aliphatic heterocycles. The van der Waals surface area contributed by atoms with E-state index in [0.717, 1.165) is 19.0 Å². The van der Waals surface area contributed by atoms with E-state index in [0.29, 0.717) is 11.3 Å². The Balaban J connectivity index is 4.44. The molecule has 0 bridgehead atoms. The second kappa shape index (κ2) is 10.5. The molecule has 1 nitrogen and oxygen atoms in total. The van der Waals surface area contributed by atoms with Crippen LogP contribution in [0.5, 0.6) is 0 Å². The second-order valence-electron chi connectivity index (χ2n) is 6.64. The van der Waals surface area contributed by atoms with Gasteiger partial charge in [-0.25, -0.2) is 0 Å². The van der Waals surface area contributed by atoms with Gasteiger partial charge in [-0.15, -0.1) is 0 Å². The van der Waals surface area contributed by atoms with Crippen molar-refractivity contribution in [2.45, 2.75) is 73.6 Å². The molecule has 0 aliphatic carbocycles. The molecule has 0 amide bonds. The smallest absolute Gasteiger partial charge is 0.00143 e. The van der Waals surface area contributed by atoms with Crippen molar-refractivity contribution in [1.29, 1.82) is 0 Å². The van der Waals surface area contributed by atoms with E-state index in [-0.39, 0.29) is 0 Å². The van der Waals surface area contributed by atoms with Crippen molar-refractivity contribution in [1.82, 2.24) is 5.32 Å². The van der Waals surface area contributed by atoms with Gasteiger partial charge < -0.3 is 5.32 Å². The first-order chi connectivity index (χ1) is 8.97. The van der Waals surface area contributed by atoms with E-state index < -0.39 is 0 Å². The lowest BCUT2D eigenvalue weighted by atomic mass is 9.72. The van der Waals surface area contributed by atoms with Crippen molar-refractivity contribution in [2.24, 2.45) is 17.3 Å². The van der Waals surface area contributed by atoms with Crippen LogP contribution in [0, 0.1) is 17.3 Å². The van der Waals surface area contributed by atoms with Gasteiger partial charge in [0.25, 0.3) is 0 Å². The molecule has 0 rings (SSSR count). The van der Waals surface area contributed by atoms with Gasteiger partial charge >= 0.3 is 0 Å². The molecule has 0 heterocycles. The fourth-order valence-corrected chi connectivity index (χ4v) is 2.58. The molecule has 0 spiro atoms. The minimum absolute atomic E-state index is 0.434. The zero-order valence-corrected chi connectivity index (χ0v) is 14.3. The minimum atomic E-state index is 0.434. The Morgan fingerprint density at radius 2 is 1.84 bits per heavy atom. The average molecular weight is 268 g/mol. The SMILES string of the molecule is CCCC/C=C/C(CNCC)CC(C)(C)C(C)CC. The summed E-state index contributed by atoms with van der Waals surface area (Å²) in [5.41, 5.74) is 0.434. The Morgan fingerprint density at radius 3 is 2.37 bits per heavy atom. The van der Waals surface area contributed by atoms with Crippen LogP contribution in [0.25, 0.3) is 0 Å². The van der Waals surface area contributed by atoms with E-state index in [1.807, 2.05) is 0 Å². The van der Waals surface area contributed by atoms with Crippen molar-refractivity contribution in [3.8, 4) is 0 Å². The van der Waals surface area contributed by atoms with Crippen molar-refractivity contribution < 1.29 is 0 Å². The Hall–Kier alpha value is -0.300. The zero-order valence-electron chi connectivity index (χ0n) is 14.3. The molecule has 19 heavy (non-hydrogen) atoms. The van der Waals surface area contributed by atoms with Crippen LogP contribution in [-0.2, 0) is 0 Å². The molecule has 114 valence electrons. The summed E-state index contributed by atoms with van der Waals surface area (Å²) < 4.78 is 0. The first-order valence-electron chi connectivity index (χ1n) is 8.35. The van der Waals surface area contributed by atoms with Crippen molar-refractivity contribution in [3.63, 3.8) is 0 Å². The predicted molar refractivity (Wildman–Crippen MR) is 88.6 cm³/mol. The highest BCUT2D eigenvalue weighted by atomic mass is 14.8. The van der Waals surface area contributed by atoms with Crippen LogP contribution in [0.1, 0.15) is 73.6 Å². The van der Waals surface area contributed by atoms with Crippen LogP contribution >= 0.6 is 0 Å². The summed E-state index contributed by atoms with van der Waals surface area (Å²) in [4.78, 5) is 0. The van der Waals surface area contributed by atoms with Crippen LogP contribution in [0.2, 0.25) is 0 Å². The van der Waals surface area contributed by atoms with Crippen LogP contribution in [0.3, 0.4) is 0 Å². The third-order valence-corrected chi connectivity index (χ3v) is 4.52. The molecule has 0 saturated carbocycles. The first kappa shape index (κ1) is 18.7.